The van der Waals surface area contributed by atoms with Gasteiger partial charge in [0.05, 0.1) is 5.69 Å². The standard InChI is InChI=1S/C39H25N3O/c1-3-7-26(8-4-1)27-11-13-28(14-12-27)38-40-22-21-35(41-38)34-18-17-30-23-31(15-16-32(30)24-34)33-19-20-36-37(25-33)43-39(42-36)29-9-5-2-6-10-29/h1-25H. The smallest absolute Gasteiger partial charge is 0.227 e. The predicted molar refractivity (Wildman–Crippen MR) is 174 cm³/mol. The summed E-state index contributed by atoms with van der Waals surface area (Å²) in [6.45, 7) is 0. The number of nitrogens with zero attached hydrogens (tertiary/aromatic N) is 3. The number of rotatable bonds is 5. The van der Waals surface area contributed by atoms with E-state index < -0.39 is 0 Å². The van der Waals surface area contributed by atoms with Gasteiger partial charge in [-0.3, -0.25) is 0 Å². The summed E-state index contributed by atoms with van der Waals surface area (Å²) in [5.74, 6) is 1.35. The Morgan fingerprint density at radius 3 is 1.77 bits per heavy atom. The maximum absolute atomic E-state index is 6.11. The Bertz CT molecular complexity index is 2220. The average molecular weight is 552 g/mol. The number of aromatic nitrogens is 3. The Morgan fingerprint density at radius 1 is 0.419 bits per heavy atom. The van der Waals surface area contributed by atoms with E-state index in [1.54, 1.807) is 0 Å². The average Bonchev–Trinajstić information content (AvgIpc) is 3.53. The minimum atomic E-state index is 0.635. The molecule has 6 aromatic carbocycles. The summed E-state index contributed by atoms with van der Waals surface area (Å²) in [5.41, 5.74) is 10.1. The largest absolute Gasteiger partial charge is 0.436 e. The first-order valence-corrected chi connectivity index (χ1v) is 14.3. The van der Waals surface area contributed by atoms with Crippen LogP contribution in [0.5, 0.6) is 0 Å². The molecule has 4 nitrogen and oxygen atoms in total. The minimum Gasteiger partial charge on any atom is -0.436 e. The molecule has 202 valence electrons. The molecule has 0 aliphatic carbocycles. The Hall–Kier alpha value is -5.87. The lowest BCUT2D eigenvalue weighted by molar-refractivity contribution is 0.620. The number of fused-ring (bicyclic) bond motifs is 2. The number of hydrogen-bond donors (Lipinski definition) is 0. The summed E-state index contributed by atoms with van der Waals surface area (Å²) >= 11 is 0. The van der Waals surface area contributed by atoms with E-state index in [9.17, 15) is 0 Å². The van der Waals surface area contributed by atoms with Gasteiger partial charge >= 0.3 is 0 Å². The monoisotopic (exact) mass is 551 g/mol. The van der Waals surface area contributed by atoms with Crippen LogP contribution in [0.2, 0.25) is 0 Å². The van der Waals surface area contributed by atoms with Gasteiger partial charge in [0.15, 0.2) is 11.4 Å². The summed E-state index contributed by atoms with van der Waals surface area (Å²) in [6, 6.07) is 49.9. The third kappa shape index (κ3) is 4.85. The van der Waals surface area contributed by atoms with Gasteiger partial charge in [0, 0.05) is 22.9 Å². The van der Waals surface area contributed by atoms with E-state index in [0.717, 1.165) is 55.4 Å². The molecule has 2 aromatic heterocycles. The van der Waals surface area contributed by atoms with E-state index in [1.165, 1.54) is 11.1 Å². The molecule has 0 bridgehead atoms. The van der Waals surface area contributed by atoms with Crippen LogP contribution < -0.4 is 0 Å². The molecule has 0 atom stereocenters. The van der Waals surface area contributed by atoms with E-state index in [2.05, 4.69) is 107 Å². The highest BCUT2D eigenvalue weighted by Gasteiger charge is 2.11. The normalized spacial score (nSPS) is 11.3. The third-order valence-corrected chi connectivity index (χ3v) is 7.78. The molecule has 43 heavy (non-hydrogen) atoms. The molecule has 0 saturated heterocycles. The van der Waals surface area contributed by atoms with Crippen LogP contribution in [-0.2, 0) is 0 Å². The molecule has 0 radical (unpaired) electrons. The summed E-state index contributed by atoms with van der Waals surface area (Å²) in [6.07, 6.45) is 1.83. The zero-order valence-corrected chi connectivity index (χ0v) is 23.2. The Morgan fingerprint density at radius 2 is 1.00 bits per heavy atom. The van der Waals surface area contributed by atoms with Gasteiger partial charge in [0.1, 0.15) is 5.52 Å². The highest BCUT2D eigenvalue weighted by Crippen LogP contribution is 2.32. The van der Waals surface area contributed by atoms with E-state index in [4.69, 9.17) is 9.40 Å². The number of hydrogen-bond acceptors (Lipinski definition) is 4. The molecular formula is C39H25N3O. The van der Waals surface area contributed by atoms with Gasteiger partial charge in [0.2, 0.25) is 5.89 Å². The Labute approximate surface area is 249 Å². The molecule has 8 rings (SSSR count). The summed E-state index contributed by atoms with van der Waals surface area (Å²) in [5, 5.41) is 2.32. The summed E-state index contributed by atoms with van der Waals surface area (Å²) in [7, 11) is 0. The van der Waals surface area contributed by atoms with Gasteiger partial charge in [-0.2, -0.15) is 0 Å². The van der Waals surface area contributed by atoms with Crippen molar-refractivity contribution in [2.75, 3.05) is 0 Å². The highest BCUT2D eigenvalue weighted by atomic mass is 16.3. The Kier molecular flexibility index (Phi) is 6.08. The molecule has 0 spiro atoms. The van der Waals surface area contributed by atoms with Crippen molar-refractivity contribution >= 4 is 21.9 Å². The van der Waals surface area contributed by atoms with Crippen molar-refractivity contribution in [2.24, 2.45) is 0 Å². The van der Waals surface area contributed by atoms with Crippen molar-refractivity contribution in [3.8, 4) is 56.4 Å². The maximum Gasteiger partial charge on any atom is 0.227 e. The first-order chi connectivity index (χ1) is 21.3. The van der Waals surface area contributed by atoms with Crippen molar-refractivity contribution in [1.29, 1.82) is 0 Å². The molecule has 0 N–H and O–H groups in total. The molecular weight excluding hydrogens is 526 g/mol. The van der Waals surface area contributed by atoms with Crippen LogP contribution in [0.25, 0.3) is 78.2 Å². The quantitative estimate of drug-likeness (QED) is 0.214. The summed E-state index contributed by atoms with van der Waals surface area (Å²) < 4.78 is 6.11. The third-order valence-electron chi connectivity index (χ3n) is 7.78. The molecule has 2 heterocycles. The molecule has 0 unspecified atom stereocenters. The van der Waals surface area contributed by atoms with Crippen LogP contribution in [0.4, 0.5) is 0 Å². The fourth-order valence-corrected chi connectivity index (χ4v) is 5.49. The zero-order chi connectivity index (χ0) is 28.6. The second-order valence-electron chi connectivity index (χ2n) is 10.6. The van der Waals surface area contributed by atoms with Crippen LogP contribution in [0.15, 0.2) is 156 Å². The van der Waals surface area contributed by atoms with Crippen molar-refractivity contribution in [1.82, 2.24) is 15.0 Å². The second kappa shape index (κ2) is 10.5. The predicted octanol–water partition coefficient (Wildman–Crippen LogP) is 10.1. The number of oxazole rings is 1. The topological polar surface area (TPSA) is 51.8 Å². The molecule has 8 aromatic rings. The van der Waals surface area contributed by atoms with Crippen molar-refractivity contribution in [3.63, 3.8) is 0 Å². The van der Waals surface area contributed by atoms with E-state index in [-0.39, 0.29) is 0 Å². The van der Waals surface area contributed by atoms with Crippen LogP contribution in [-0.4, -0.2) is 15.0 Å². The van der Waals surface area contributed by atoms with E-state index >= 15 is 0 Å². The van der Waals surface area contributed by atoms with Crippen molar-refractivity contribution in [2.45, 2.75) is 0 Å². The first-order valence-electron chi connectivity index (χ1n) is 14.3. The first kappa shape index (κ1) is 24.9. The van der Waals surface area contributed by atoms with Crippen LogP contribution >= 0.6 is 0 Å². The molecule has 4 heteroatoms. The van der Waals surface area contributed by atoms with Gasteiger partial charge < -0.3 is 4.42 Å². The van der Waals surface area contributed by atoms with Crippen LogP contribution in [0.1, 0.15) is 0 Å². The van der Waals surface area contributed by atoms with Crippen LogP contribution in [0, 0.1) is 0 Å². The second-order valence-corrected chi connectivity index (χ2v) is 10.6. The van der Waals surface area contributed by atoms with E-state index in [0.29, 0.717) is 11.7 Å². The zero-order valence-electron chi connectivity index (χ0n) is 23.2. The SMILES string of the molecule is c1ccc(-c2ccc(-c3nccc(-c4ccc5cc(-c6ccc7nc(-c8ccccc8)oc7c6)ccc5c4)n3)cc2)cc1. The molecule has 0 saturated carbocycles. The molecule has 0 fully saturated rings. The number of benzene rings is 6. The fraction of sp³-hybridized carbons (Fsp3) is 0. The maximum atomic E-state index is 6.11. The van der Waals surface area contributed by atoms with E-state index in [1.807, 2.05) is 54.7 Å². The van der Waals surface area contributed by atoms with Gasteiger partial charge in [-0.1, -0.05) is 103 Å². The van der Waals surface area contributed by atoms with Gasteiger partial charge in [0.25, 0.3) is 0 Å². The lowest BCUT2D eigenvalue weighted by atomic mass is 9.99. The fourth-order valence-electron chi connectivity index (χ4n) is 5.49. The van der Waals surface area contributed by atoms with Gasteiger partial charge in [-0.05, 0) is 75.5 Å². The van der Waals surface area contributed by atoms with Gasteiger partial charge in [-0.15, -0.1) is 0 Å². The highest BCUT2D eigenvalue weighted by molar-refractivity contribution is 5.92. The van der Waals surface area contributed by atoms with Crippen molar-refractivity contribution in [3.05, 3.63) is 152 Å². The minimum absolute atomic E-state index is 0.635. The lowest BCUT2D eigenvalue weighted by Crippen LogP contribution is -1.92. The molecule has 0 aliphatic rings. The van der Waals surface area contributed by atoms with Crippen LogP contribution in [0.3, 0.4) is 0 Å². The Balaban J connectivity index is 1.07. The molecule has 0 amide bonds. The summed E-state index contributed by atoms with van der Waals surface area (Å²) in [4.78, 5) is 14.1. The molecule has 0 aliphatic heterocycles. The van der Waals surface area contributed by atoms with Gasteiger partial charge in [-0.25, -0.2) is 15.0 Å². The lowest BCUT2D eigenvalue weighted by Gasteiger charge is -2.08. The van der Waals surface area contributed by atoms with Crippen molar-refractivity contribution < 1.29 is 4.42 Å².